The molecule has 0 aliphatic carbocycles. The van der Waals surface area contributed by atoms with E-state index in [2.05, 4.69) is 0 Å². The summed E-state index contributed by atoms with van der Waals surface area (Å²) in [5.41, 5.74) is 0. The number of likely N-dealkylation sites (N-methyl/N-ethyl adjacent to an activating group) is 1. The Bertz CT molecular complexity index is 128. The van der Waals surface area contributed by atoms with E-state index in [0.29, 0.717) is 0 Å². The van der Waals surface area contributed by atoms with Crippen molar-refractivity contribution in [3.63, 3.8) is 0 Å². The molecule has 0 bridgehead atoms. The first-order valence-corrected chi connectivity index (χ1v) is 4.01. The zero-order valence-electron chi connectivity index (χ0n) is 6.77. The third-order valence-electron chi connectivity index (χ3n) is 1.19. The van der Waals surface area contributed by atoms with Gasteiger partial charge in [-0.05, 0) is 7.05 Å². The Morgan fingerprint density at radius 1 is 1.55 bits per heavy atom. The summed E-state index contributed by atoms with van der Waals surface area (Å²) >= 11 is -2.21. The second-order valence-corrected chi connectivity index (χ2v) is 2.99. The van der Waals surface area contributed by atoms with Crippen LogP contribution in [0.2, 0.25) is 0 Å². The molecular formula is C5H12NO4S-. The number of ether oxygens (including phenoxy) is 2. The normalized spacial score (nSPS) is 14.4. The van der Waals surface area contributed by atoms with E-state index < -0.39 is 17.6 Å². The van der Waals surface area contributed by atoms with Crippen LogP contribution in [-0.2, 0) is 20.7 Å². The summed E-state index contributed by atoms with van der Waals surface area (Å²) in [5, 5.41) is 0. The molecule has 0 aromatic carbocycles. The van der Waals surface area contributed by atoms with Crippen LogP contribution < -0.4 is 0 Å². The van der Waals surface area contributed by atoms with Crippen LogP contribution in [0.25, 0.3) is 0 Å². The average molecular weight is 182 g/mol. The highest BCUT2D eigenvalue weighted by atomic mass is 32.2. The van der Waals surface area contributed by atoms with Crippen molar-refractivity contribution >= 4 is 11.3 Å². The first-order valence-electron chi connectivity index (χ1n) is 2.98. The van der Waals surface area contributed by atoms with Crippen LogP contribution in [-0.4, -0.2) is 47.2 Å². The van der Waals surface area contributed by atoms with E-state index in [9.17, 15) is 8.76 Å². The van der Waals surface area contributed by atoms with E-state index in [1.54, 1.807) is 0 Å². The highest BCUT2D eigenvalue weighted by Gasteiger charge is 2.08. The zero-order chi connectivity index (χ0) is 8.85. The molecule has 1 atom stereocenters. The quantitative estimate of drug-likeness (QED) is 0.418. The Hall–Kier alpha value is -0.0100. The van der Waals surface area contributed by atoms with Crippen LogP contribution >= 0.6 is 0 Å². The lowest BCUT2D eigenvalue weighted by atomic mass is 10.6. The molecule has 0 amide bonds. The molecule has 0 rings (SSSR count). The monoisotopic (exact) mass is 182 g/mol. The van der Waals surface area contributed by atoms with E-state index in [1.165, 1.54) is 21.3 Å². The smallest absolute Gasteiger partial charge is 0.170 e. The zero-order valence-corrected chi connectivity index (χ0v) is 7.59. The van der Waals surface area contributed by atoms with E-state index in [0.717, 1.165) is 4.31 Å². The highest BCUT2D eigenvalue weighted by molar-refractivity contribution is 7.76. The number of nitrogens with zero attached hydrogens (tertiary/aromatic N) is 1. The van der Waals surface area contributed by atoms with Crippen molar-refractivity contribution in [1.29, 1.82) is 0 Å². The first kappa shape index (κ1) is 11.0. The van der Waals surface area contributed by atoms with Crippen LogP contribution in [0.15, 0.2) is 0 Å². The van der Waals surface area contributed by atoms with Crippen LogP contribution in [0.1, 0.15) is 0 Å². The van der Waals surface area contributed by atoms with Crippen LogP contribution in [0.3, 0.4) is 0 Å². The number of hydrogen-bond acceptors (Lipinski definition) is 4. The predicted octanol–water partition coefficient (Wildman–Crippen LogP) is -0.669. The molecule has 68 valence electrons. The Labute approximate surface area is 68.7 Å². The molecule has 11 heavy (non-hydrogen) atoms. The predicted molar refractivity (Wildman–Crippen MR) is 39.4 cm³/mol. The second kappa shape index (κ2) is 5.62. The summed E-state index contributed by atoms with van der Waals surface area (Å²) in [6.45, 7) is 0.198. The van der Waals surface area contributed by atoms with Gasteiger partial charge in [-0.3, -0.25) is 4.21 Å². The van der Waals surface area contributed by atoms with E-state index in [4.69, 9.17) is 9.47 Å². The molecule has 0 aliphatic heterocycles. The molecule has 0 aromatic heterocycles. The van der Waals surface area contributed by atoms with Crippen molar-refractivity contribution in [1.82, 2.24) is 4.31 Å². The molecule has 1 unspecified atom stereocenters. The number of methoxy groups -OCH3 is 2. The fourth-order valence-corrected chi connectivity index (χ4v) is 0.760. The molecule has 0 aliphatic rings. The molecule has 0 radical (unpaired) electrons. The SMILES string of the molecule is COC(CN(C)S(=O)[O-])OC. The van der Waals surface area contributed by atoms with Crippen LogP contribution in [0.4, 0.5) is 0 Å². The van der Waals surface area contributed by atoms with Gasteiger partial charge in [0.05, 0.1) is 6.54 Å². The Morgan fingerprint density at radius 3 is 2.27 bits per heavy atom. The minimum atomic E-state index is -2.21. The van der Waals surface area contributed by atoms with Gasteiger partial charge in [-0.1, -0.05) is 0 Å². The van der Waals surface area contributed by atoms with Crippen molar-refractivity contribution < 1.29 is 18.2 Å². The summed E-state index contributed by atoms with van der Waals surface area (Å²) in [7, 11) is 4.35. The van der Waals surface area contributed by atoms with Crippen molar-refractivity contribution in [2.75, 3.05) is 27.8 Å². The number of hydrogen-bond donors (Lipinski definition) is 0. The summed E-state index contributed by atoms with van der Waals surface area (Å²) in [5.74, 6) is 0. The van der Waals surface area contributed by atoms with Crippen molar-refractivity contribution in [3.05, 3.63) is 0 Å². The van der Waals surface area contributed by atoms with E-state index >= 15 is 0 Å². The fourth-order valence-electron chi connectivity index (χ4n) is 0.516. The third-order valence-corrected chi connectivity index (χ3v) is 1.84. The molecule has 0 saturated carbocycles. The molecule has 6 heteroatoms. The maximum absolute atomic E-state index is 10.3. The highest BCUT2D eigenvalue weighted by Crippen LogP contribution is 1.95. The van der Waals surface area contributed by atoms with Gasteiger partial charge in [0.2, 0.25) is 0 Å². The van der Waals surface area contributed by atoms with Gasteiger partial charge in [0, 0.05) is 25.5 Å². The van der Waals surface area contributed by atoms with Gasteiger partial charge in [-0.15, -0.1) is 0 Å². The lowest BCUT2D eigenvalue weighted by Gasteiger charge is -2.22. The summed E-state index contributed by atoms with van der Waals surface area (Å²) in [6, 6.07) is 0. The van der Waals surface area contributed by atoms with Gasteiger partial charge in [0.1, 0.15) is 0 Å². The summed E-state index contributed by atoms with van der Waals surface area (Å²) in [4.78, 5) is 0. The Balaban J connectivity index is 3.71. The van der Waals surface area contributed by atoms with E-state index in [-0.39, 0.29) is 6.54 Å². The lowest BCUT2D eigenvalue weighted by Crippen LogP contribution is -2.32. The topological polar surface area (TPSA) is 61.8 Å². The fraction of sp³-hybridized carbons (Fsp3) is 1.00. The van der Waals surface area contributed by atoms with Gasteiger partial charge in [0.15, 0.2) is 6.29 Å². The maximum Gasteiger partial charge on any atom is 0.170 e. The van der Waals surface area contributed by atoms with Crippen molar-refractivity contribution in [2.45, 2.75) is 6.29 Å². The van der Waals surface area contributed by atoms with Crippen LogP contribution in [0, 0.1) is 0 Å². The first-order chi connectivity index (χ1) is 5.11. The molecule has 5 nitrogen and oxygen atoms in total. The maximum atomic E-state index is 10.3. The van der Waals surface area contributed by atoms with Crippen molar-refractivity contribution in [3.8, 4) is 0 Å². The van der Waals surface area contributed by atoms with Gasteiger partial charge >= 0.3 is 0 Å². The molecule has 0 aromatic rings. The Morgan fingerprint density at radius 2 is 2.00 bits per heavy atom. The molecule has 0 heterocycles. The Kier molecular flexibility index (Phi) is 5.61. The molecular weight excluding hydrogens is 170 g/mol. The van der Waals surface area contributed by atoms with Gasteiger partial charge in [0.25, 0.3) is 0 Å². The lowest BCUT2D eigenvalue weighted by molar-refractivity contribution is -0.106. The molecule has 0 spiro atoms. The van der Waals surface area contributed by atoms with E-state index in [1.807, 2.05) is 0 Å². The third kappa shape index (κ3) is 4.44. The average Bonchev–Trinajstić information content (AvgIpc) is 1.99. The standard InChI is InChI=1S/C5H13NO4S/c1-6(11(7)8)4-5(9-2)10-3/h5H,4H2,1-3H3,(H,7,8)/p-1. The van der Waals surface area contributed by atoms with Gasteiger partial charge in [-0.25, -0.2) is 4.31 Å². The summed E-state index contributed by atoms with van der Waals surface area (Å²) < 4.78 is 31.2. The largest absolute Gasteiger partial charge is 0.760 e. The second-order valence-electron chi connectivity index (χ2n) is 1.93. The van der Waals surface area contributed by atoms with Gasteiger partial charge < -0.3 is 14.0 Å². The van der Waals surface area contributed by atoms with Gasteiger partial charge in [-0.2, -0.15) is 0 Å². The molecule has 0 N–H and O–H groups in total. The molecule has 0 fully saturated rings. The number of rotatable bonds is 5. The molecule has 0 saturated heterocycles. The van der Waals surface area contributed by atoms with Crippen molar-refractivity contribution in [2.24, 2.45) is 0 Å². The minimum absolute atomic E-state index is 0.198. The van der Waals surface area contributed by atoms with Crippen LogP contribution in [0.5, 0.6) is 0 Å². The summed E-state index contributed by atoms with van der Waals surface area (Å²) in [6.07, 6.45) is -0.502. The minimum Gasteiger partial charge on any atom is -0.760 e.